The van der Waals surface area contributed by atoms with Gasteiger partial charge in [0, 0.05) is 5.56 Å². The fraction of sp³-hybridized carbons (Fsp3) is 0.188. The number of aliphatic imine (C=N–C) groups is 1. The Balaban J connectivity index is 1.69. The number of ketones is 1. The number of carbonyl (C=O) groups is 2. The molecule has 0 fully saturated rings. The average molecular weight is 378 g/mol. The maximum Gasteiger partial charge on any atom is 0.331 e. The summed E-state index contributed by atoms with van der Waals surface area (Å²) in [6, 6.07) is 8.77. The molecule has 25 heavy (non-hydrogen) atoms. The van der Waals surface area contributed by atoms with E-state index in [1.165, 1.54) is 24.3 Å². The summed E-state index contributed by atoms with van der Waals surface area (Å²) in [5.74, 6) is -0.916. The Morgan fingerprint density at radius 1 is 1.24 bits per heavy atom. The molecule has 0 unspecified atom stereocenters. The number of ether oxygens (including phenoxy) is 1. The number of nitrogens with zero attached hydrogens (tertiary/aromatic N) is 1. The van der Waals surface area contributed by atoms with Crippen molar-refractivity contribution in [3.05, 3.63) is 52.2 Å². The number of hydrogen-bond donors (Lipinski definition) is 1. The maximum atomic E-state index is 12.0. The summed E-state index contributed by atoms with van der Waals surface area (Å²) in [7, 11) is -3.67. The van der Waals surface area contributed by atoms with Gasteiger partial charge in [0.15, 0.2) is 6.61 Å². The lowest BCUT2D eigenvalue weighted by atomic mass is 10.2. The molecule has 2 aromatic rings. The molecule has 0 amide bonds. The van der Waals surface area contributed by atoms with Gasteiger partial charge in [-0.2, -0.15) is 0 Å². The van der Waals surface area contributed by atoms with Crippen molar-refractivity contribution in [2.75, 3.05) is 6.61 Å². The predicted molar refractivity (Wildman–Crippen MR) is 92.4 cm³/mol. The molecule has 0 aliphatic carbocycles. The molecule has 0 radical (unpaired) electrons. The number of hydrogen-bond acceptors (Lipinski definition) is 7. The van der Waals surface area contributed by atoms with Crippen LogP contribution in [0.2, 0.25) is 0 Å². The molecule has 1 aromatic carbocycles. The van der Waals surface area contributed by atoms with E-state index >= 15 is 0 Å². The second-order valence-corrected chi connectivity index (χ2v) is 7.86. The number of sulfonamides is 1. The van der Waals surface area contributed by atoms with Crippen LogP contribution in [0.1, 0.15) is 22.2 Å². The second kappa shape index (κ2) is 6.77. The second-order valence-electron chi connectivity index (χ2n) is 5.26. The highest BCUT2D eigenvalue weighted by molar-refractivity contribution is 7.90. The fourth-order valence-corrected chi connectivity index (χ4v) is 4.13. The van der Waals surface area contributed by atoms with E-state index < -0.39 is 22.0 Å². The van der Waals surface area contributed by atoms with Gasteiger partial charge in [0.1, 0.15) is 11.9 Å². The van der Waals surface area contributed by atoms with E-state index in [0.717, 1.165) is 0 Å². The molecule has 1 N–H and O–H groups in total. The van der Waals surface area contributed by atoms with Crippen LogP contribution < -0.4 is 4.72 Å². The Morgan fingerprint density at radius 2 is 2.00 bits per heavy atom. The van der Waals surface area contributed by atoms with Crippen LogP contribution in [-0.2, 0) is 19.6 Å². The Morgan fingerprint density at radius 3 is 2.72 bits per heavy atom. The van der Waals surface area contributed by atoms with Crippen LogP contribution in [-0.4, -0.2) is 38.7 Å². The lowest BCUT2D eigenvalue weighted by Gasteiger charge is -2.08. The number of thiophene rings is 1. The monoisotopic (exact) mass is 378 g/mol. The zero-order chi connectivity index (χ0) is 18.0. The van der Waals surface area contributed by atoms with Gasteiger partial charge in [-0.05, 0) is 30.5 Å². The molecule has 1 aromatic heterocycles. The van der Waals surface area contributed by atoms with E-state index in [1.807, 2.05) is 0 Å². The molecule has 3 rings (SSSR count). The van der Waals surface area contributed by atoms with Crippen molar-refractivity contribution in [1.29, 1.82) is 0 Å². The lowest BCUT2D eigenvalue weighted by Crippen LogP contribution is -2.27. The number of esters is 1. The maximum absolute atomic E-state index is 12.0. The molecule has 130 valence electrons. The van der Waals surface area contributed by atoms with Crippen molar-refractivity contribution in [2.45, 2.75) is 17.9 Å². The summed E-state index contributed by atoms with van der Waals surface area (Å²) in [5, 5.41) is 1.76. The molecular formula is C16H14N2O5S2. The van der Waals surface area contributed by atoms with Gasteiger partial charge in [0.2, 0.25) is 5.78 Å². The quantitative estimate of drug-likeness (QED) is 0.629. The van der Waals surface area contributed by atoms with Gasteiger partial charge in [0.25, 0.3) is 10.0 Å². The van der Waals surface area contributed by atoms with E-state index in [-0.39, 0.29) is 23.1 Å². The normalized spacial score (nSPS) is 17.6. The van der Waals surface area contributed by atoms with Crippen molar-refractivity contribution in [3.63, 3.8) is 0 Å². The molecule has 0 bridgehead atoms. The average Bonchev–Trinajstić information content (AvgIpc) is 3.20. The van der Waals surface area contributed by atoms with E-state index in [0.29, 0.717) is 10.4 Å². The zero-order valence-electron chi connectivity index (χ0n) is 13.1. The highest BCUT2D eigenvalue weighted by Gasteiger charge is 2.31. The van der Waals surface area contributed by atoms with Crippen molar-refractivity contribution in [1.82, 2.24) is 4.72 Å². The molecule has 1 aliphatic rings. The predicted octanol–water partition coefficient (Wildman–Crippen LogP) is 1.60. The van der Waals surface area contributed by atoms with Crippen LogP contribution in [0.5, 0.6) is 0 Å². The number of benzene rings is 1. The number of fused-ring (bicyclic) bond motifs is 1. The zero-order valence-corrected chi connectivity index (χ0v) is 14.8. The molecule has 1 aliphatic heterocycles. The van der Waals surface area contributed by atoms with Crippen molar-refractivity contribution in [2.24, 2.45) is 4.99 Å². The standard InChI is InChI=1S/C16H14N2O5S2/c1-10(16(20)23-9-12(19)13-6-4-8-24-13)17-15-11-5-2-3-7-14(11)25(21,22)18-15/h2-8,10H,9H2,1H3,(H,17,18)/t10-/m0/s1. The van der Waals surface area contributed by atoms with Gasteiger partial charge in [-0.3, -0.25) is 14.5 Å². The first kappa shape index (κ1) is 17.3. The van der Waals surface area contributed by atoms with Gasteiger partial charge >= 0.3 is 5.97 Å². The molecular weight excluding hydrogens is 364 g/mol. The fourth-order valence-electron chi connectivity index (χ4n) is 2.24. The summed E-state index contributed by atoms with van der Waals surface area (Å²) >= 11 is 1.26. The number of carbonyl (C=O) groups excluding carboxylic acids is 2. The molecule has 0 spiro atoms. The van der Waals surface area contributed by atoms with Crippen LogP contribution in [0.25, 0.3) is 0 Å². The van der Waals surface area contributed by atoms with Crippen LogP contribution in [0, 0.1) is 0 Å². The number of nitrogens with one attached hydrogen (secondary N) is 1. The van der Waals surface area contributed by atoms with Crippen molar-refractivity contribution in [3.8, 4) is 0 Å². The Bertz CT molecular complexity index is 949. The number of Topliss-reactive ketones (excluding diaryl/α,β-unsaturated/α-hetero) is 1. The first-order valence-electron chi connectivity index (χ1n) is 7.32. The third-order valence-electron chi connectivity index (χ3n) is 3.47. The number of amidine groups is 1. The highest BCUT2D eigenvalue weighted by atomic mass is 32.2. The summed E-state index contributed by atoms with van der Waals surface area (Å²) < 4.78 is 31.3. The minimum absolute atomic E-state index is 0.0876. The van der Waals surface area contributed by atoms with Crippen LogP contribution in [0.4, 0.5) is 0 Å². The molecule has 0 saturated heterocycles. The van der Waals surface area contributed by atoms with Crippen molar-refractivity contribution >= 4 is 38.9 Å². The largest absolute Gasteiger partial charge is 0.456 e. The van der Waals surface area contributed by atoms with Crippen molar-refractivity contribution < 1.29 is 22.7 Å². The topological polar surface area (TPSA) is 102 Å². The molecule has 7 nitrogen and oxygen atoms in total. The van der Waals surface area contributed by atoms with Gasteiger partial charge in [-0.1, -0.05) is 18.2 Å². The third-order valence-corrected chi connectivity index (χ3v) is 5.78. The smallest absolute Gasteiger partial charge is 0.331 e. The van der Waals surface area contributed by atoms with Crippen LogP contribution in [0.3, 0.4) is 0 Å². The summed E-state index contributed by atoms with van der Waals surface area (Å²) in [4.78, 5) is 28.6. The highest BCUT2D eigenvalue weighted by Crippen LogP contribution is 2.22. The summed E-state index contributed by atoms with van der Waals surface area (Å²) in [6.45, 7) is 1.09. The summed E-state index contributed by atoms with van der Waals surface area (Å²) in [5.41, 5.74) is 0.400. The SMILES string of the molecule is C[C@H](N=C1NS(=O)(=O)c2ccccc21)C(=O)OCC(=O)c1cccs1. The van der Waals surface area contributed by atoms with Gasteiger partial charge in [-0.15, -0.1) is 11.3 Å². The Hall–Kier alpha value is -2.52. The van der Waals surface area contributed by atoms with Crippen LogP contribution >= 0.6 is 11.3 Å². The number of rotatable bonds is 5. The molecule has 1 atom stereocenters. The third kappa shape index (κ3) is 3.62. The Labute approximate surface area is 148 Å². The van der Waals surface area contributed by atoms with Crippen LogP contribution in [0.15, 0.2) is 51.7 Å². The van der Waals surface area contributed by atoms with Gasteiger partial charge in [-0.25, -0.2) is 13.2 Å². The molecule has 0 saturated carbocycles. The molecule has 9 heteroatoms. The summed E-state index contributed by atoms with van der Waals surface area (Å²) in [6.07, 6.45) is 0. The van der Waals surface area contributed by atoms with Gasteiger partial charge < -0.3 is 4.74 Å². The minimum atomic E-state index is -3.67. The first-order valence-corrected chi connectivity index (χ1v) is 9.68. The lowest BCUT2D eigenvalue weighted by molar-refractivity contribution is -0.143. The minimum Gasteiger partial charge on any atom is -0.456 e. The van der Waals surface area contributed by atoms with E-state index in [2.05, 4.69) is 9.71 Å². The van der Waals surface area contributed by atoms with E-state index in [9.17, 15) is 18.0 Å². The first-order chi connectivity index (χ1) is 11.9. The van der Waals surface area contributed by atoms with Gasteiger partial charge in [0.05, 0.1) is 9.77 Å². The molecule has 2 heterocycles. The van der Waals surface area contributed by atoms with E-state index in [1.54, 1.807) is 35.7 Å². The Kier molecular flexibility index (Phi) is 4.69. The van der Waals surface area contributed by atoms with E-state index in [4.69, 9.17) is 4.74 Å².